The van der Waals surface area contributed by atoms with Gasteiger partial charge in [0.15, 0.2) is 5.82 Å². The van der Waals surface area contributed by atoms with Crippen molar-refractivity contribution < 1.29 is 19.0 Å². The minimum atomic E-state index is -1.37. The third kappa shape index (κ3) is 3.20. The van der Waals surface area contributed by atoms with Crippen molar-refractivity contribution in [3.05, 3.63) is 58.5 Å². The number of nitrogens with zero attached hydrogens (tertiary/aromatic N) is 1. The Bertz CT molecular complexity index is 619. The van der Waals surface area contributed by atoms with Gasteiger partial charge in [-0.3, -0.25) is 0 Å². The van der Waals surface area contributed by atoms with Gasteiger partial charge < -0.3 is 9.84 Å². The van der Waals surface area contributed by atoms with E-state index in [-0.39, 0.29) is 12.5 Å². The Morgan fingerprint density at radius 1 is 1.42 bits per heavy atom. The maximum Gasteiger partial charge on any atom is 0.338 e. The van der Waals surface area contributed by atoms with E-state index in [1.54, 1.807) is 24.3 Å². The van der Waals surface area contributed by atoms with Crippen LogP contribution in [-0.4, -0.2) is 16.1 Å². The fraction of sp³-hybridized carbons (Fsp3) is 0.0769. The Balaban J connectivity index is 2.16. The monoisotopic (exact) mass is 281 g/mol. The van der Waals surface area contributed by atoms with Crippen molar-refractivity contribution in [3.63, 3.8) is 0 Å². The summed E-state index contributed by atoms with van der Waals surface area (Å²) in [4.78, 5) is 14.4. The molecule has 1 aromatic heterocycles. The van der Waals surface area contributed by atoms with Gasteiger partial charge in [0.2, 0.25) is 0 Å². The van der Waals surface area contributed by atoms with Crippen molar-refractivity contribution in [1.29, 1.82) is 0 Å². The second kappa shape index (κ2) is 5.67. The number of carboxylic acids is 1. The lowest BCUT2D eigenvalue weighted by Gasteiger charge is -2.07. The second-order valence-electron chi connectivity index (χ2n) is 3.70. The molecular weight excluding hydrogens is 273 g/mol. The molecule has 0 saturated carbocycles. The van der Waals surface area contributed by atoms with E-state index >= 15 is 0 Å². The summed E-state index contributed by atoms with van der Waals surface area (Å²) < 4.78 is 18.9. The Morgan fingerprint density at radius 3 is 2.89 bits per heavy atom. The molecule has 0 spiro atoms. The van der Waals surface area contributed by atoms with E-state index in [1.165, 1.54) is 6.20 Å². The van der Waals surface area contributed by atoms with E-state index in [0.29, 0.717) is 5.02 Å². The Kier molecular flexibility index (Phi) is 3.97. The van der Waals surface area contributed by atoms with Gasteiger partial charge in [0, 0.05) is 11.2 Å². The first kappa shape index (κ1) is 13.3. The average Bonchev–Trinajstić information content (AvgIpc) is 2.37. The Hall–Kier alpha value is -2.14. The zero-order valence-electron chi connectivity index (χ0n) is 9.64. The third-order valence-electron chi connectivity index (χ3n) is 2.35. The molecule has 98 valence electrons. The first-order chi connectivity index (χ1) is 9.08. The molecule has 1 N–H and O–H groups in total. The number of carbonyl (C=O) groups is 1. The number of pyridine rings is 1. The molecule has 0 saturated heterocycles. The topological polar surface area (TPSA) is 59.4 Å². The fourth-order valence-electron chi connectivity index (χ4n) is 1.47. The summed E-state index contributed by atoms with van der Waals surface area (Å²) in [6.45, 7) is 0.0492. The standard InChI is InChI=1S/C13H9ClFNO3/c14-9-3-1-2-8(6-9)7-19-12-11(15)10(13(17)18)4-5-16-12/h1-6H,7H2,(H,17,18). The third-order valence-corrected chi connectivity index (χ3v) is 2.59. The van der Waals surface area contributed by atoms with Crippen LogP contribution in [0.4, 0.5) is 4.39 Å². The van der Waals surface area contributed by atoms with Crippen molar-refractivity contribution in [2.45, 2.75) is 6.61 Å². The number of rotatable bonds is 4. The molecule has 0 fully saturated rings. The summed E-state index contributed by atoms with van der Waals surface area (Å²) in [6, 6.07) is 7.93. The largest absolute Gasteiger partial charge is 0.478 e. The van der Waals surface area contributed by atoms with Gasteiger partial charge in [-0.1, -0.05) is 23.7 Å². The van der Waals surface area contributed by atoms with Crippen LogP contribution >= 0.6 is 11.6 Å². The molecule has 1 heterocycles. The number of carboxylic acid groups (broad SMARTS) is 1. The lowest BCUT2D eigenvalue weighted by molar-refractivity contribution is 0.0690. The number of halogens is 2. The summed E-state index contributed by atoms with van der Waals surface area (Å²) in [7, 11) is 0. The van der Waals surface area contributed by atoms with Crippen LogP contribution in [0, 0.1) is 5.82 Å². The van der Waals surface area contributed by atoms with Gasteiger partial charge in [0.25, 0.3) is 5.88 Å². The van der Waals surface area contributed by atoms with Crippen molar-refractivity contribution >= 4 is 17.6 Å². The number of hydrogen-bond donors (Lipinski definition) is 1. The van der Waals surface area contributed by atoms with E-state index in [4.69, 9.17) is 21.4 Å². The molecule has 4 nitrogen and oxygen atoms in total. The number of aromatic carboxylic acids is 1. The molecule has 0 aliphatic carbocycles. The lowest BCUT2D eigenvalue weighted by atomic mass is 10.2. The van der Waals surface area contributed by atoms with Crippen LogP contribution < -0.4 is 4.74 Å². The van der Waals surface area contributed by atoms with Gasteiger partial charge in [0.1, 0.15) is 12.2 Å². The van der Waals surface area contributed by atoms with E-state index < -0.39 is 17.3 Å². The quantitative estimate of drug-likeness (QED) is 0.935. The van der Waals surface area contributed by atoms with E-state index in [1.807, 2.05) is 0 Å². The zero-order chi connectivity index (χ0) is 13.8. The molecule has 2 aromatic rings. The summed E-state index contributed by atoms with van der Waals surface area (Å²) in [5.41, 5.74) is 0.255. The van der Waals surface area contributed by atoms with Crippen LogP contribution in [0.25, 0.3) is 0 Å². The van der Waals surface area contributed by atoms with Crippen molar-refractivity contribution in [1.82, 2.24) is 4.98 Å². The van der Waals surface area contributed by atoms with Gasteiger partial charge >= 0.3 is 5.97 Å². The van der Waals surface area contributed by atoms with Gasteiger partial charge in [0.05, 0.1) is 0 Å². The first-order valence-electron chi connectivity index (χ1n) is 5.33. The van der Waals surface area contributed by atoms with Crippen LogP contribution in [0.3, 0.4) is 0 Å². The van der Waals surface area contributed by atoms with Crippen LogP contribution in [0.5, 0.6) is 5.88 Å². The first-order valence-corrected chi connectivity index (χ1v) is 5.71. The van der Waals surface area contributed by atoms with Crippen molar-refractivity contribution in [2.75, 3.05) is 0 Å². The lowest BCUT2D eigenvalue weighted by Crippen LogP contribution is -2.05. The number of aromatic nitrogens is 1. The molecule has 0 bridgehead atoms. The summed E-state index contributed by atoms with van der Waals surface area (Å²) >= 11 is 5.80. The molecule has 2 rings (SSSR count). The Morgan fingerprint density at radius 2 is 2.21 bits per heavy atom. The predicted octanol–water partition coefficient (Wildman–Crippen LogP) is 3.15. The highest BCUT2D eigenvalue weighted by Crippen LogP contribution is 2.19. The number of benzene rings is 1. The molecule has 0 aliphatic heterocycles. The minimum absolute atomic E-state index is 0.0492. The van der Waals surface area contributed by atoms with Crippen LogP contribution in [0.1, 0.15) is 15.9 Å². The van der Waals surface area contributed by atoms with Gasteiger partial charge in [-0.15, -0.1) is 0 Å². The van der Waals surface area contributed by atoms with E-state index in [0.717, 1.165) is 11.6 Å². The summed E-state index contributed by atoms with van der Waals surface area (Å²) in [5, 5.41) is 9.31. The average molecular weight is 282 g/mol. The van der Waals surface area contributed by atoms with Gasteiger partial charge in [-0.05, 0) is 23.8 Å². The molecule has 0 amide bonds. The Labute approximate surface area is 113 Å². The SMILES string of the molecule is O=C(O)c1ccnc(OCc2cccc(Cl)c2)c1F. The molecular formula is C13H9ClFNO3. The summed E-state index contributed by atoms with van der Waals surface area (Å²) in [6.07, 6.45) is 1.18. The maximum atomic E-state index is 13.7. The highest BCUT2D eigenvalue weighted by Gasteiger charge is 2.16. The predicted molar refractivity (Wildman–Crippen MR) is 66.9 cm³/mol. The highest BCUT2D eigenvalue weighted by molar-refractivity contribution is 6.30. The molecule has 6 heteroatoms. The molecule has 1 aromatic carbocycles. The smallest absolute Gasteiger partial charge is 0.338 e. The van der Waals surface area contributed by atoms with E-state index in [9.17, 15) is 9.18 Å². The second-order valence-corrected chi connectivity index (χ2v) is 4.14. The number of ether oxygens (including phenoxy) is 1. The molecule has 0 atom stereocenters. The maximum absolute atomic E-state index is 13.7. The van der Waals surface area contributed by atoms with Crippen LogP contribution in [0.2, 0.25) is 5.02 Å². The van der Waals surface area contributed by atoms with Gasteiger partial charge in [-0.2, -0.15) is 0 Å². The summed E-state index contributed by atoms with van der Waals surface area (Å²) in [5.74, 6) is -2.70. The normalized spacial score (nSPS) is 10.2. The van der Waals surface area contributed by atoms with Gasteiger partial charge in [-0.25, -0.2) is 14.2 Å². The molecule has 0 radical (unpaired) electrons. The zero-order valence-corrected chi connectivity index (χ0v) is 10.4. The molecule has 0 unspecified atom stereocenters. The molecule has 19 heavy (non-hydrogen) atoms. The fourth-order valence-corrected chi connectivity index (χ4v) is 1.68. The minimum Gasteiger partial charge on any atom is -0.478 e. The van der Waals surface area contributed by atoms with Crippen molar-refractivity contribution in [3.8, 4) is 5.88 Å². The van der Waals surface area contributed by atoms with Crippen molar-refractivity contribution in [2.24, 2.45) is 0 Å². The van der Waals surface area contributed by atoms with Crippen LogP contribution in [-0.2, 0) is 6.61 Å². The molecule has 0 aliphatic rings. The number of hydrogen-bond acceptors (Lipinski definition) is 3. The van der Waals surface area contributed by atoms with Crippen LogP contribution in [0.15, 0.2) is 36.5 Å². The highest BCUT2D eigenvalue weighted by atomic mass is 35.5. The van der Waals surface area contributed by atoms with E-state index in [2.05, 4.69) is 4.98 Å².